The van der Waals surface area contributed by atoms with Gasteiger partial charge in [-0.25, -0.2) is 0 Å². The maximum Gasteiger partial charge on any atom is 0.232 e. The smallest absolute Gasteiger partial charge is 0.232 e. The summed E-state index contributed by atoms with van der Waals surface area (Å²) in [5.41, 5.74) is 1.27. The average molecular weight is 348 g/mol. The molecule has 0 unspecified atom stereocenters. The van der Waals surface area contributed by atoms with Crippen molar-refractivity contribution in [2.75, 3.05) is 18.8 Å². The minimum atomic E-state index is 0.247. The molecule has 0 aliphatic carbocycles. The topological polar surface area (TPSA) is 46.1 Å². The number of hydrogen-bond donors (Lipinski definition) is 0. The molecule has 0 saturated carbocycles. The highest BCUT2D eigenvalue weighted by atomic mass is 32.2. The number of benzene rings is 1. The molecule has 1 atom stereocenters. The molecule has 1 saturated heterocycles. The predicted molar refractivity (Wildman–Crippen MR) is 95.8 cm³/mol. The Morgan fingerprint density at radius 2 is 2.17 bits per heavy atom. The minimum absolute atomic E-state index is 0.247. The number of hydrogen-bond acceptors (Lipinski definition) is 5. The van der Waals surface area contributed by atoms with Crippen LogP contribution in [0.5, 0.6) is 0 Å². The van der Waals surface area contributed by atoms with Crippen LogP contribution in [0.25, 0.3) is 0 Å². The van der Waals surface area contributed by atoms with Crippen molar-refractivity contribution in [2.24, 2.45) is 0 Å². The first-order valence-electron chi connectivity index (χ1n) is 7.92. The van der Waals surface area contributed by atoms with Crippen LogP contribution in [0.4, 0.5) is 0 Å². The van der Waals surface area contributed by atoms with Crippen LogP contribution in [0.15, 0.2) is 30.3 Å². The zero-order valence-electron chi connectivity index (χ0n) is 13.3. The van der Waals surface area contributed by atoms with Gasteiger partial charge in [0.05, 0.1) is 5.75 Å². The Hall–Kier alpha value is -1.40. The molecule has 1 aliphatic heterocycles. The molecule has 1 aromatic heterocycles. The van der Waals surface area contributed by atoms with Crippen LogP contribution in [-0.4, -0.2) is 39.8 Å². The van der Waals surface area contributed by atoms with E-state index in [1.165, 1.54) is 5.56 Å². The summed E-state index contributed by atoms with van der Waals surface area (Å²) in [7, 11) is 0. The van der Waals surface area contributed by atoms with Crippen molar-refractivity contribution in [3.05, 3.63) is 45.9 Å². The van der Waals surface area contributed by atoms with Gasteiger partial charge in [-0.2, -0.15) is 0 Å². The second kappa shape index (κ2) is 7.93. The molecule has 0 bridgehead atoms. The normalized spacial score (nSPS) is 18.1. The van der Waals surface area contributed by atoms with Crippen LogP contribution in [0.1, 0.15) is 34.3 Å². The maximum atomic E-state index is 12.4. The Balaban J connectivity index is 1.49. The number of thioether (sulfide) groups is 1. The van der Waals surface area contributed by atoms with Gasteiger partial charge in [0.2, 0.25) is 5.91 Å². The fourth-order valence-electron chi connectivity index (χ4n) is 2.80. The van der Waals surface area contributed by atoms with Crippen molar-refractivity contribution in [3.8, 4) is 0 Å². The lowest BCUT2D eigenvalue weighted by molar-refractivity contribution is -0.129. The minimum Gasteiger partial charge on any atom is -0.341 e. The Labute approximate surface area is 145 Å². The highest BCUT2D eigenvalue weighted by molar-refractivity contribution is 7.99. The summed E-state index contributed by atoms with van der Waals surface area (Å²) in [4.78, 5) is 14.4. The Bertz CT molecular complexity index is 644. The first-order chi connectivity index (χ1) is 11.2. The number of carbonyl (C=O) groups is 1. The summed E-state index contributed by atoms with van der Waals surface area (Å²) >= 11 is 3.35. The highest BCUT2D eigenvalue weighted by Gasteiger charge is 2.26. The molecule has 3 rings (SSSR count). The molecule has 23 heavy (non-hydrogen) atoms. The molecule has 6 heteroatoms. The summed E-state index contributed by atoms with van der Waals surface area (Å²) in [6.07, 6.45) is 2.16. The molecule has 1 amide bonds. The van der Waals surface area contributed by atoms with Crippen molar-refractivity contribution < 1.29 is 4.79 Å². The number of aromatic nitrogens is 2. The van der Waals surface area contributed by atoms with E-state index in [4.69, 9.17) is 0 Å². The third-order valence-electron chi connectivity index (χ3n) is 4.00. The van der Waals surface area contributed by atoms with Crippen LogP contribution in [0.2, 0.25) is 0 Å². The van der Waals surface area contributed by atoms with Gasteiger partial charge in [0.15, 0.2) is 0 Å². The van der Waals surface area contributed by atoms with Gasteiger partial charge in [0.1, 0.15) is 10.0 Å². The fraction of sp³-hybridized carbons (Fsp3) is 0.471. The van der Waals surface area contributed by atoms with Gasteiger partial charge >= 0.3 is 0 Å². The number of piperidine rings is 1. The summed E-state index contributed by atoms with van der Waals surface area (Å²) in [5.74, 6) is 2.05. The summed E-state index contributed by atoms with van der Waals surface area (Å²) < 4.78 is 0. The van der Waals surface area contributed by atoms with Gasteiger partial charge in [-0.15, -0.1) is 33.3 Å². The number of rotatable bonds is 5. The van der Waals surface area contributed by atoms with Gasteiger partial charge < -0.3 is 4.90 Å². The van der Waals surface area contributed by atoms with Crippen LogP contribution in [0, 0.1) is 6.92 Å². The van der Waals surface area contributed by atoms with Gasteiger partial charge in [0, 0.05) is 24.8 Å². The van der Waals surface area contributed by atoms with Crippen LogP contribution in [0.3, 0.4) is 0 Å². The highest BCUT2D eigenvalue weighted by Crippen LogP contribution is 2.29. The van der Waals surface area contributed by atoms with Crippen molar-refractivity contribution >= 4 is 29.0 Å². The van der Waals surface area contributed by atoms with Crippen molar-refractivity contribution in [1.29, 1.82) is 0 Å². The van der Waals surface area contributed by atoms with E-state index < -0.39 is 0 Å². The first-order valence-corrected chi connectivity index (χ1v) is 9.89. The van der Waals surface area contributed by atoms with E-state index in [0.29, 0.717) is 11.7 Å². The molecule has 0 N–H and O–H groups in total. The molecule has 2 heterocycles. The molecule has 2 aromatic rings. The van der Waals surface area contributed by atoms with E-state index in [1.54, 1.807) is 23.1 Å². The van der Waals surface area contributed by atoms with E-state index in [2.05, 4.69) is 22.3 Å². The second-order valence-electron chi connectivity index (χ2n) is 5.82. The van der Waals surface area contributed by atoms with Crippen LogP contribution in [-0.2, 0) is 10.5 Å². The molecular weight excluding hydrogens is 326 g/mol. The van der Waals surface area contributed by atoms with E-state index in [-0.39, 0.29) is 5.91 Å². The van der Waals surface area contributed by atoms with Crippen molar-refractivity contribution in [3.63, 3.8) is 0 Å². The molecule has 1 aliphatic rings. The SMILES string of the molecule is Cc1nnc([C@@H]2CCCN(C(=O)CSCc3ccccc3)C2)s1. The van der Waals surface area contributed by atoms with Gasteiger partial charge in [-0.05, 0) is 25.3 Å². The third-order valence-corrected chi connectivity index (χ3v) is 5.99. The Morgan fingerprint density at radius 1 is 1.35 bits per heavy atom. The zero-order valence-corrected chi connectivity index (χ0v) is 14.9. The van der Waals surface area contributed by atoms with Crippen LogP contribution >= 0.6 is 23.1 Å². The van der Waals surface area contributed by atoms with Gasteiger partial charge in [-0.3, -0.25) is 4.79 Å². The fourth-order valence-corrected chi connectivity index (χ4v) is 4.52. The van der Waals surface area contributed by atoms with Crippen molar-refractivity contribution in [1.82, 2.24) is 15.1 Å². The Kier molecular flexibility index (Phi) is 5.67. The van der Waals surface area contributed by atoms with E-state index >= 15 is 0 Å². The second-order valence-corrected chi connectivity index (χ2v) is 8.02. The lowest BCUT2D eigenvalue weighted by Gasteiger charge is -2.31. The molecule has 1 fully saturated rings. The summed E-state index contributed by atoms with van der Waals surface area (Å²) in [5, 5.41) is 10.4. The number of amides is 1. The molecule has 122 valence electrons. The summed E-state index contributed by atoms with van der Waals surface area (Å²) in [6.45, 7) is 3.64. The molecule has 4 nitrogen and oxygen atoms in total. The number of aryl methyl sites for hydroxylation is 1. The lowest BCUT2D eigenvalue weighted by atomic mass is 9.99. The number of likely N-dealkylation sites (tertiary alicyclic amines) is 1. The van der Waals surface area contributed by atoms with E-state index in [0.717, 1.165) is 41.7 Å². The molecule has 0 spiro atoms. The standard InChI is InChI=1S/C17H21N3OS2/c1-13-18-19-17(23-13)15-8-5-9-20(10-15)16(21)12-22-11-14-6-3-2-4-7-14/h2-4,6-7,15H,5,8-12H2,1H3/t15-/m1/s1. The summed E-state index contributed by atoms with van der Waals surface area (Å²) in [6, 6.07) is 10.3. The Morgan fingerprint density at radius 3 is 2.91 bits per heavy atom. The van der Waals surface area contributed by atoms with Crippen molar-refractivity contribution in [2.45, 2.75) is 31.4 Å². The quantitative estimate of drug-likeness (QED) is 0.831. The third kappa shape index (κ3) is 4.54. The monoisotopic (exact) mass is 347 g/mol. The maximum absolute atomic E-state index is 12.4. The lowest BCUT2D eigenvalue weighted by Crippen LogP contribution is -2.40. The molecule has 1 aromatic carbocycles. The van der Waals surface area contributed by atoms with E-state index in [1.807, 2.05) is 30.0 Å². The predicted octanol–water partition coefficient (Wildman–Crippen LogP) is 3.49. The van der Waals surface area contributed by atoms with Crippen LogP contribution < -0.4 is 0 Å². The largest absolute Gasteiger partial charge is 0.341 e. The molecular formula is C17H21N3OS2. The number of nitrogens with zero attached hydrogens (tertiary/aromatic N) is 3. The van der Waals surface area contributed by atoms with E-state index in [9.17, 15) is 4.79 Å². The number of carbonyl (C=O) groups excluding carboxylic acids is 1. The molecule has 0 radical (unpaired) electrons. The van der Waals surface area contributed by atoms with Gasteiger partial charge in [-0.1, -0.05) is 30.3 Å². The average Bonchev–Trinajstić information content (AvgIpc) is 3.02. The zero-order chi connectivity index (χ0) is 16.1. The van der Waals surface area contributed by atoms with Gasteiger partial charge in [0.25, 0.3) is 0 Å². The first kappa shape index (κ1) is 16.5.